The SMILES string of the molecule is Cc1oc(CN)cc1CN(C)C1CCOC1. The number of hydrogen-bond acceptors (Lipinski definition) is 4. The summed E-state index contributed by atoms with van der Waals surface area (Å²) in [6.07, 6.45) is 1.12. The lowest BCUT2D eigenvalue weighted by Gasteiger charge is -2.22. The van der Waals surface area contributed by atoms with Gasteiger partial charge in [0, 0.05) is 24.8 Å². The number of ether oxygens (including phenoxy) is 1. The Kier molecular flexibility index (Phi) is 3.63. The normalized spacial score (nSPS) is 20.9. The monoisotopic (exact) mass is 224 g/mol. The molecule has 1 aromatic rings. The molecule has 1 aromatic heterocycles. The molecule has 90 valence electrons. The molecule has 0 aromatic carbocycles. The number of hydrogen-bond donors (Lipinski definition) is 1. The van der Waals surface area contributed by atoms with Gasteiger partial charge in [0.15, 0.2) is 0 Å². The molecule has 2 N–H and O–H groups in total. The van der Waals surface area contributed by atoms with Crippen molar-refractivity contribution in [2.75, 3.05) is 20.3 Å². The predicted octanol–water partition coefficient (Wildman–Crippen LogP) is 1.27. The molecule has 0 aliphatic carbocycles. The molecule has 0 bridgehead atoms. The second-order valence-corrected chi connectivity index (χ2v) is 4.43. The standard InChI is InChI=1S/C12H20N2O2/c1-9-10(5-12(6-13)16-9)7-14(2)11-3-4-15-8-11/h5,11H,3-4,6-8,13H2,1-2H3. The van der Waals surface area contributed by atoms with Crippen molar-refractivity contribution in [2.45, 2.75) is 32.5 Å². The van der Waals surface area contributed by atoms with Crippen molar-refractivity contribution in [3.8, 4) is 0 Å². The van der Waals surface area contributed by atoms with E-state index in [0.717, 1.165) is 37.7 Å². The number of nitrogens with two attached hydrogens (primary N) is 1. The second-order valence-electron chi connectivity index (χ2n) is 4.43. The van der Waals surface area contributed by atoms with E-state index in [0.29, 0.717) is 12.6 Å². The van der Waals surface area contributed by atoms with Crippen molar-refractivity contribution < 1.29 is 9.15 Å². The minimum absolute atomic E-state index is 0.469. The molecule has 2 heterocycles. The molecule has 16 heavy (non-hydrogen) atoms. The zero-order valence-electron chi connectivity index (χ0n) is 10.0. The van der Waals surface area contributed by atoms with Gasteiger partial charge in [-0.25, -0.2) is 0 Å². The molecule has 1 fully saturated rings. The summed E-state index contributed by atoms with van der Waals surface area (Å²) in [5, 5.41) is 0. The highest BCUT2D eigenvalue weighted by atomic mass is 16.5. The first kappa shape index (κ1) is 11.6. The molecule has 0 amide bonds. The summed E-state index contributed by atoms with van der Waals surface area (Å²) in [5.41, 5.74) is 6.79. The fraction of sp³-hybridized carbons (Fsp3) is 0.667. The van der Waals surface area contributed by atoms with Gasteiger partial charge in [-0.2, -0.15) is 0 Å². The maximum atomic E-state index is 5.56. The highest BCUT2D eigenvalue weighted by Gasteiger charge is 2.21. The van der Waals surface area contributed by atoms with Crippen LogP contribution in [0.4, 0.5) is 0 Å². The van der Waals surface area contributed by atoms with E-state index in [1.165, 1.54) is 5.56 Å². The van der Waals surface area contributed by atoms with Gasteiger partial charge in [-0.1, -0.05) is 0 Å². The van der Waals surface area contributed by atoms with E-state index >= 15 is 0 Å². The Morgan fingerprint density at radius 3 is 2.94 bits per heavy atom. The van der Waals surface area contributed by atoms with Crippen LogP contribution in [0.2, 0.25) is 0 Å². The van der Waals surface area contributed by atoms with Gasteiger partial charge < -0.3 is 14.9 Å². The Morgan fingerprint density at radius 1 is 1.56 bits per heavy atom. The van der Waals surface area contributed by atoms with Crippen molar-refractivity contribution in [2.24, 2.45) is 5.73 Å². The predicted molar refractivity (Wildman–Crippen MR) is 62.0 cm³/mol. The fourth-order valence-electron chi connectivity index (χ4n) is 2.11. The van der Waals surface area contributed by atoms with Gasteiger partial charge in [-0.15, -0.1) is 0 Å². The zero-order chi connectivity index (χ0) is 11.5. The van der Waals surface area contributed by atoms with Gasteiger partial charge in [0.25, 0.3) is 0 Å². The summed E-state index contributed by atoms with van der Waals surface area (Å²) in [6.45, 7) is 5.10. The van der Waals surface area contributed by atoms with Crippen molar-refractivity contribution in [3.05, 3.63) is 23.2 Å². The zero-order valence-corrected chi connectivity index (χ0v) is 10.0. The average Bonchev–Trinajstić information content (AvgIpc) is 2.88. The summed E-state index contributed by atoms with van der Waals surface area (Å²) >= 11 is 0. The summed E-state index contributed by atoms with van der Waals surface area (Å²) in [5.74, 6) is 1.84. The van der Waals surface area contributed by atoms with Crippen molar-refractivity contribution in [3.63, 3.8) is 0 Å². The number of rotatable bonds is 4. The summed E-state index contributed by atoms with van der Waals surface area (Å²) in [6, 6.07) is 2.59. The highest BCUT2D eigenvalue weighted by Crippen LogP contribution is 2.19. The van der Waals surface area contributed by atoms with E-state index in [-0.39, 0.29) is 0 Å². The van der Waals surface area contributed by atoms with E-state index in [4.69, 9.17) is 14.9 Å². The number of nitrogens with zero attached hydrogens (tertiary/aromatic N) is 1. The van der Waals surface area contributed by atoms with Gasteiger partial charge in [0.05, 0.1) is 13.2 Å². The quantitative estimate of drug-likeness (QED) is 0.836. The minimum Gasteiger partial charge on any atom is -0.465 e. The second kappa shape index (κ2) is 4.99. The van der Waals surface area contributed by atoms with Gasteiger partial charge in [0.1, 0.15) is 11.5 Å². The molecule has 1 unspecified atom stereocenters. The average molecular weight is 224 g/mol. The van der Waals surface area contributed by atoms with E-state index in [2.05, 4.69) is 18.0 Å². The lowest BCUT2D eigenvalue weighted by molar-refractivity contribution is 0.156. The Balaban J connectivity index is 1.99. The van der Waals surface area contributed by atoms with E-state index in [1.807, 2.05) is 6.92 Å². The third kappa shape index (κ3) is 2.45. The third-order valence-electron chi connectivity index (χ3n) is 3.22. The Labute approximate surface area is 96.4 Å². The van der Waals surface area contributed by atoms with Crippen LogP contribution >= 0.6 is 0 Å². The lowest BCUT2D eigenvalue weighted by atomic mass is 10.2. The smallest absolute Gasteiger partial charge is 0.118 e. The first-order valence-corrected chi connectivity index (χ1v) is 5.77. The molecule has 1 aliphatic rings. The van der Waals surface area contributed by atoms with Crippen molar-refractivity contribution in [1.29, 1.82) is 0 Å². The number of furan rings is 1. The largest absolute Gasteiger partial charge is 0.465 e. The van der Waals surface area contributed by atoms with E-state index in [1.54, 1.807) is 0 Å². The van der Waals surface area contributed by atoms with Crippen LogP contribution in [0.5, 0.6) is 0 Å². The molecular weight excluding hydrogens is 204 g/mol. The van der Waals surface area contributed by atoms with E-state index in [9.17, 15) is 0 Å². The van der Waals surface area contributed by atoms with Crippen molar-refractivity contribution in [1.82, 2.24) is 4.90 Å². The highest BCUT2D eigenvalue weighted by molar-refractivity contribution is 5.20. The molecule has 4 heteroatoms. The van der Waals surface area contributed by atoms with Crippen LogP contribution in [0, 0.1) is 6.92 Å². The Hall–Kier alpha value is -0.840. The van der Waals surface area contributed by atoms with Crippen LogP contribution in [0.3, 0.4) is 0 Å². The van der Waals surface area contributed by atoms with Gasteiger partial charge in [-0.3, -0.25) is 4.90 Å². The molecule has 2 rings (SSSR count). The molecule has 4 nitrogen and oxygen atoms in total. The minimum atomic E-state index is 0.469. The first-order chi connectivity index (χ1) is 7.70. The third-order valence-corrected chi connectivity index (χ3v) is 3.22. The van der Waals surface area contributed by atoms with E-state index < -0.39 is 0 Å². The van der Waals surface area contributed by atoms with Gasteiger partial charge in [0.2, 0.25) is 0 Å². The summed E-state index contributed by atoms with van der Waals surface area (Å²) in [7, 11) is 2.13. The molecule has 0 saturated carbocycles. The first-order valence-electron chi connectivity index (χ1n) is 5.77. The molecule has 1 saturated heterocycles. The maximum absolute atomic E-state index is 5.56. The molecule has 0 radical (unpaired) electrons. The fourth-order valence-corrected chi connectivity index (χ4v) is 2.11. The maximum Gasteiger partial charge on any atom is 0.118 e. The van der Waals surface area contributed by atoms with Gasteiger partial charge in [-0.05, 0) is 26.5 Å². The van der Waals surface area contributed by atoms with Crippen LogP contribution in [0.1, 0.15) is 23.5 Å². The lowest BCUT2D eigenvalue weighted by Crippen LogP contribution is -2.31. The molecular formula is C12H20N2O2. The van der Waals surface area contributed by atoms with Crippen LogP contribution < -0.4 is 5.73 Å². The Bertz CT molecular complexity index is 343. The molecule has 0 spiro atoms. The van der Waals surface area contributed by atoms with Crippen molar-refractivity contribution >= 4 is 0 Å². The van der Waals surface area contributed by atoms with Crippen LogP contribution in [-0.4, -0.2) is 31.2 Å². The Morgan fingerprint density at radius 2 is 2.38 bits per heavy atom. The summed E-state index contributed by atoms with van der Waals surface area (Å²) < 4.78 is 10.9. The number of aryl methyl sites for hydroxylation is 1. The van der Waals surface area contributed by atoms with Crippen LogP contribution in [0.15, 0.2) is 10.5 Å². The topological polar surface area (TPSA) is 51.6 Å². The molecule has 1 atom stereocenters. The number of likely N-dealkylation sites (N-methyl/N-ethyl adjacent to an activating group) is 1. The molecule has 1 aliphatic heterocycles. The van der Waals surface area contributed by atoms with Crippen LogP contribution in [0.25, 0.3) is 0 Å². The van der Waals surface area contributed by atoms with Gasteiger partial charge >= 0.3 is 0 Å². The van der Waals surface area contributed by atoms with Crippen LogP contribution in [-0.2, 0) is 17.8 Å². The summed E-state index contributed by atoms with van der Waals surface area (Å²) in [4.78, 5) is 2.32.